The van der Waals surface area contributed by atoms with Crippen molar-refractivity contribution in [3.8, 4) is 5.69 Å². The molecule has 0 fully saturated rings. The molecule has 2 heterocycles. The summed E-state index contributed by atoms with van der Waals surface area (Å²) in [6.07, 6.45) is 3.87. The summed E-state index contributed by atoms with van der Waals surface area (Å²) in [5.41, 5.74) is 5.98. The second kappa shape index (κ2) is 9.00. The van der Waals surface area contributed by atoms with E-state index < -0.39 is 5.97 Å². The third-order valence-corrected chi connectivity index (χ3v) is 5.56. The van der Waals surface area contributed by atoms with Crippen molar-refractivity contribution >= 4 is 18.0 Å². The maximum absolute atomic E-state index is 12.5. The number of carbonyl (C=O) groups excluding carboxylic acids is 2. The van der Waals surface area contributed by atoms with Crippen LogP contribution in [0.2, 0.25) is 0 Å². The van der Waals surface area contributed by atoms with Crippen molar-refractivity contribution in [1.29, 1.82) is 0 Å². The van der Waals surface area contributed by atoms with Gasteiger partial charge in [0.05, 0.1) is 11.4 Å². The number of aromatic nitrogens is 2. The van der Waals surface area contributed by atoms with Gasteiger partial charge in [0.2, 0.25) is 0 Å². The molecular weight excluding hydrogens is 390 g/mol. The number of ether oxygens (including phenoxy) is 1. The highest BCUT2D eigenvalue weighted by atomic mass is 16.5. The van der Waals surface area contributed by atoms with Gasteiger partial charge in [0.15, 0.2) is 6.61 Å². The quantitative estimate of drug-likeness (QED) is 0.472. The van der Waals surface area contributed by atoms with E-state index in [1.807, 2.05) is 67.1 Å². The molecular formula is C25H25N3O3. The van der Waals surface area contributed by atoms with Crippen LogP contribution in [0, 0.1) is 13.8 Å². The summed E-state index contributed by atoms with van der Waals surface area (Å²) in [6, 6.07) is 17.9. The summed E-state index contributed by atoms with van der Waals surface area (Å²) < 4.78 is 7.04. The van der Waals surface area contributed by atoms with Crippen LogP contribution in [0.25, 0.3) is 11.8 Å². The molecule has 0 saturated heterocycles. The zero-order valence-corrected chi connectivity index (χ0v) is 17.7. The molecule has 4 rings (SSSR count). The van der Waals surface area contributed by atoms with Crippen LogP contribution in [-0.2, 0) is 27.3 Å². The number of para-hydroxylation sites is 1. The van der Waals surface area contributed by atoms with Crippen molar-refractivity contribution in [2.24, 2.45) is 0 Å². The lowest BCUT2D eigenvalue weighted by Gasteiger charge is -2.28. The second-order valence-electron chi connectivity index (χ2n) is 7.61. The molecule has 1 amide bonds. The highest BCUT2D eigenvalue weighted by Gasteiger charge is 2.21. The first-order chi connectivity index (χ1) is 15.0. The number of carbonyl (C=O) groups is 2. The number of nitrogens with zero attached hydrogens (tertiary/aromatic N) is 3. The van der Waals surface area contributed by atoms with E-state index in [1.165, 1.54) is 11.6 Å². The average Bonchev–Trinajstić information content (AvgIpc) is 3.09. The Hall–Kier alpha value is -3.67. The van der Waals surface area contributed by atoms with E-state index in [1.54, 1.807) is 11.0 Å². The lowest BCUT2D eigenvalue weighted by molar-refractivity contribution is -0.148. The van der Waals surface area contributed by atoms with E-state index in [9.17, 15) is 9.59 Å². The van der Waals surface area contributed by atoms with Gasteiger partial charge in [-0.3, -0.25) is 4.79 Å². The number of amides is 1. The van der Waals surface area contributed by atoms with Crippen LogP contribution in [-0.4, -0.2) is 39.7 Å². The first-order valence-corrected chi connectivity index (χ1v) is 10.3. The molecule has 2 aromatic carbocycles. The van der Waals surface area contributed by atoms with E-state index in [-0.39, 0.29) is 12.5 Å². The van der Waals surface area contributed by atoms with Crippen molar-refractivity contribution in [2.75, 3.05) is 13.2 Å². The first-order valence-electron chi connectivity index (χ1n) is 10.3. The molecule has 0 unspecified atom stereocenters. The van der Waals surface area contributed by atoms with Crippen LogP contribution in [0.5, 0.6) is 0 Å². The minimum absolute atomic E-state index is 0.180. The fourth-order valence-electron chi connectivity index (χ4n) is 3.85. The van der Waals surface area contributed by atoms with E-state index in [0.29, 0.717) is 13.1 Å². The number of esters is 1. The molecule has 0 spiro atoms. The average molecular weight is 415 g/mol. The Kier molecular flexibility index (Phi) is 5.98. The monoisotopic (exact) mass is 415 g/mol. The molecule has 1 aliphatic heterocycles. The van der Waals surface area contributed by atoms with Crippen LogP contribution in [0.4, 0.5) is 0 Å². The van der Waals surface area contributed by atoms with Gasteiger partial charge in [-0.05, 0) is 49.6 Å². The fraction of sp³-hybridized carbons (Fsp3) is 0.240. The van der Waals surface area contributed by atoms with Gasteiger partial charge in [-0.25, -0.2) is 9.48 Å². The minimum atomic E-state index is -0.544. The summed E-state index contributed by atoms with van der Waals surface area (Å²) in [5, 5.41) is 4.56. The number of fused-ring (bicyclic) bond motifs is 1. The van der Waals surface area contributed by atoms with Crippen LogP contribution < -0.4 is 0 Å². The molecule has 0 saturated carbocycles. The van der Waals surface area contributed by atoms with Crippen molar-refractivity contribution in [3.05, 3.63) is 88.8 Å². The van der Waals surface area contributed by atoms with E-state index in [2.05, 4.69) is 11.2 Å². The van der Waals surface area contributed by atoms with Crippen molar-refractivity contribution in [3.63, 3.8) is 0 Å². The Balaban J connectivity index is 1.35. The number of hydrogen-bond acceptors (Lipinski definition) is 4. The van der Waals surface area contributed by atoms with Crippen LogP contribution in [0.1, 0.15) is 28.1 Å². The van der Waals surface area contributed by atoms with Crippen LogP contribution >= 0.6 is 0 Å². The summed E-state index contributed by atoms with van der Waals surface area (Å²) >= 11 is 0. The molecule has 0 aliphatic carbocycles. The maximum atomic E-state index is 12.5. The van der Waals surface area contributed by atoms with Gasteiger partial charge in [0.25, 0.3) is 5.91 Å². The third-order valence-electron chi connectivity index (χ3n) is 5.56. The predicted molar refractivity (Wildman–Crippen MR) is 119 cm³/mol. The Morgan fingerprint density at radius 2 is 1.74 bits per heavy atom. The molecule has 0 atom stereocenters. The van der Waals surface area contributed by atoms with Crippen molar-refractivity contribution in [2.45, 2.75) is 26.8 Å². The molecule has 0 radical (unpaired) electrons. The third kappa shape index (κ3) is 4.58. The summed E-state index contributed by atoms with van der Waals surface area (Å²) in [6.45, 7) is 4.79. The van der Waals surface area contributed by atoms with Crippen molar-refractivity contribution < 1.29 is 14.3 Å². The van der Waals surface area contributed by atoms with Gasteiger partial charge < -0.3 is 9.64 Å². The zero-order chi connectivity index (χ0) is 21.8. The molecule has 6 heteroatoms. The summed E-state index contributed by atoms with van der Waals surface area (Å²) in [5.74, 6) is -0.725. The Morgan fingerprint density at radius 1 is 1.03 bits per heavy atom. The van der Waals surface area contributed by atoms with Gasteiger partial charge in [-0.1, -0.05) is 42.5 Å². The summed E-state index contributed by atoms with van der Waals surface area (Å²) in [7, 11) is 0. The van der Waals surface area contributed by atoms with Gasteiger partial charge in [0.1, 0.15) is 0 Å². The van der Waals surface area contributed by atoms with E-state index >= 15 is 0 Å². The number of rotatable bonds is 5. The summed E-state index contributed by atoms with van der Waals surface area (Å²) in [4.78, 5) is 26.4. The molecule has 1 aromatic heterocycles. The maximum Gasteiger partial charge on any atom is 0.331 e. The number of benzene rings is 2. The lowest BCUT2D eigenvalue weighted by Crippen LogP contribution is -2.38. The molecule has 31 heavy (non-hydrogen) atoms. The Labute approximate surface area is 181 Å². The number of hydrogen-bond donors (Lipinski definition) is 0. The van der Waals surface area contributed by atoms with Crippen molar-refractivity contribution in [1.82, 2.24) is 14.7 Å². The van der Waals surface area contributed by atoms with Gasteiger partial charge in [-0.2, -0.15) is 5.10 Å². The van der Waals surface area contributed by atoms with Gasteiger partial charge in [-0.15, -0.1) is 0 Å². The van der Waals surface area contributed by atoms with Gasteiger partial charge in [0, 0.05) is 30.4 Å². The van der Waals surface area contributed by atoms with E-state index in [4.69, 9.17) is 4.74 Å². The highest BCUT2D eigenvalue weighted by molar-refractivity contribution is 5.89. The predicted octanol–water partition coefficient (Wildman–Crippen LogP) is 3.63. The highest BCUT2D eigenvalue weighted by Crippen LogP contribution is 2.20. The first kappa shape index (κ1) is 20.6. The standard InChI is InChI=1S/C25H25N3O3/c1-18-23(19(2)28(26-18)22-10-4-3-5-11-22)12-13-25(30)31-17-24(29)27-15-14-20-8-6-7-9-21(20)16-27/h3-13H,14-17H2,1-2H3/b13-12+. The normalized spacial score (nSPS) is 13.3. The van der Waals surface area contributed by atoms with Crippen LogP contribution in [0.15, 0.2) is 60.7 Å². The van der Waals surface area contributed by atoms with Crippen LogP contribution in [0.3, 0.4) is 0 Å². The molecule has 0 N–H and O–H groups in total. The molecule has 1 aliphatic rings. The second-order valence-corrected chi connectivity index (χ2v) is 7.61. The molecule has 0 bridgehead atoms. The lowest BCUT2D eigenvalue weighted by atomic mass is 10.00. The SMILES string of the molecule is Cc1nn(-c2ccccc2)c(C)c1/C=C/C(=O)OCC(=O)N1CCc2ccccc2C1. The Bertz CT molecular complexity index is 1130. The largest absolute Gasteiger partial charge is 0.452 e. The smallest absolute Gasteiger partial charge is 0.331 e. The van der Waals surface area contributed by atoms with Gasteiger partial charge >= 0.3 is 5.97 Å². The molecule has 158 valence electrons. The Morgan fingerprint density at radius 3 is 2.52 bits per heavy atom. The topological polar surface area (TPSA) is 64.4 Å². The fourth-order valence-corrected chi connectivity index (χ4v) is 3.85. The molecule has 6 nitrogen and oxygen atoms in total. The zero-order valence-electron chi connectivity index (χ0n) is 17.7. The minimum Gasteiger partial charge on any atom is -0.452 e. The van der Waals surface area contributed by atoms with E-state index in [0.717, 1.165) is 34.6 Å². The molecule has 3 aromatic rings. The number of aryl methyl sites for hydroxylation is 1.